The van der Waals surface area contributed by atoms with Gasteiger partial charge in [0.15, 0.2) is 0 Å². The van der Waals surface area contributed by atoms with E-state index in [1.54, 1.807) is 6.92 Å². The number of rotatable bonds is 4. The Bertz CT molecular complexity index is 704. The first kappa shape index (κ1) is 16.6. The SMILES string of the molecule is Cc1cccc(OC[C@H]2CCCN(C(=O)c3c(C)noc3C)C2)c1. The second kappa shape index (κ2) is 7.07. The number of hydrogen-bond donors (Lipinski definition) is 0. The molecule has 1 amide bonds. The predicted octanol–water partition coefficient (Wildman–Crippen LogP) is 3.53. The van der Waals surface area contributed by atoms with Gasteiger partial charge in [-0.05, 0) is 51.3 Å². The third-order valence-corrected chi connectivity index (χ3v) is 4.53. The van der Waals surface area contributed by atoms with Crippen LogP contribution in [0.5, 0.6) is 5.75 Å². The summed E-state index contributed by atoms with van der Waals surface area (Å²) in [6.45, 7) is 7.78. The minimum atomic E-state index is 0.0199. The summed E-state index contributed by atoms with van der Waals surface area (Å²) in [6, 6.07) is 8.06. The molecule has 0 radical (unpaired) electrons. The van der Waals surface area contributed by atoms with Gasteiger partial charge in [0, 0.05) is 19.0 Å². The standard InChI is InChI=1S/C19H24N2O3/c1-13-6-4-8-17(10-13)23-12-16-7-5-9-21(11-16)19(22)18-14(2)20-24-15(18)3/h4,6,8,10,16H,5,7,9,11-12H2,1-3H3/t16-/m0/s1. The molecule has 24 heavy (non-hydrogen) atoms. The van der Waals surface area contributed by atoms with E-state index in [4.69, 9.17) is 9.26 Å². The Hall–Kier alpha value is -2.30. The molecule has 0 unspecified atom stereocenters. The molecular formula is C19H24N2O3. The second-order valence-electron chi connectivity index (χ2n) is 6.59. The molecule has 1 saturated heterocycles. The lowest BCUT2D eigenvalue weighted by atomic mass is 9.98. The summed E-state index contributed by atoms with van der Waals surface area (Å²) in [7, 11) is 0. The molecule has 0 saturated carbocycles. The highest BCUT2D eigenvalue weighted by Crippen LogP contribution is 2.23. The Morgan fingerprint density at radius 1 is 1.38 bits per heavy atom. The number of hydrogen-bond acceptors (Lipinski definition) is 4. The van der Waals surface area contributed by atoms with Crippen LogP contribution < -0.4 is 4.74 Å². The van der Waals surface area contributed by atoms with Crippen LogP contribution in [0.3, 0.4) is 0 Å². The van der Waals surface area contributed by atoms with Crippen LogP contribution in [-0.2, 0) is 0 Å². The fourth-order valence-corrected chi connectivity index (χ4v) is 3.25. The molecule has 1 aliphatic heterocycles. The highest BCUT2D eigenvalue weighted by atomic mass is 16.5. The summed E-state index contributed by atoms with van der Waals surface area (Å²) in [5.41, 5.74) is 2.46. The molecule has 1 aliphatic rings. The summed E-state index contributed by atoms with van der Waals surface area (Å²) in [6.07, 6.45) is 2.08. The van der Waals surface area contributed by atoms with Gasteiger partial charge in [0.25, 0.3) is 5.91 Å². The topological polar surface area (TPSA) is 55.6 Å². The first-order valence-electron chi connectivity index (χ1n) is 8.46. The van der Waals surface area contributed by atoms with E-state index in [1.807, 2.05) is 30.0 Å². The first-order valence-corrected chi connectivity index (χ1v) is 8.46. The van der Waals surface area contributed by atoms with Crippen LogP contribution in [0, 0.1) is 26.7 Å². The number of amides is 1. The van der Waals surface area contributed by atoms with Crippen molar-refractivity contribution in [1.82, 2.24) is 10.1 Å². The lowest BCUT2D eigenvalue weighted by molar-refractivity contribution is 0.0631. The van der Waals surface area contributed by atoms with Crippen LogP contribution in [0.4, 0.5) is 0 Å². The van der Waals surface area contributed by atoms with Crippen LogP contribution in [0.25, 0.3) is 0 Å². The maximum absolute atomic E-state index is 12.8. The maximum atomic E-state index is 12.8. The van der Waals surface area contributed by atoms with Gasteiger partial charge in [-0.3, -0.25) is 4.79 Å². The Balaban J connectivity index is 1.61. The molecule has 128 valence electrons. The Morgan fingerprint density at radius 2 is 2.21 bits per heavy atom. The van der Waals surface area contributed by atoms with Crippen LogP contribution in [0.1, 0.15) is 40.2 Å². The number of carbonyl (C=O) groups is 1. The van der Waals surface area contributed by atoms with Gasteiger partial charge in [-0.25, -0.2) is 0 Å². The van der Waals surface area contributed by atoms with Crippen molar-refractivity contribution in [2.75, 3.05) is 19.7 Å². The van der Waals surface area contributed by atoms with Crippen molar-refractivity contribution in [2.45, 2.75) is 33.6 Å². The van der Waals surface area contributed by atoms with Crippen molar-refractivity contribution in [1.29, 1.82) is 0 Å². The highest BCUT2D eigenvalue weighted by molar-refractivity contribution is 5.96. The fourth-order valence-electron chi connectivity index (χ4n) is 3.25. The molecule has 2 heterocycles. The molecule has 0 N–H and O–H groups in total. The van der Waals surface area contributed by atoms with Gasteiger partial charge in [0.1, 0.15) is 17.1 Å². The molecule has 5 heteroatoms. The second-order valence-corrected chi connectivity index (χ2v) is 6.59. The smallest absolute Gasteiger partial charge is 0.259 e. The summed E-state index contributed by atoms with van der Waals surface area (Å²) >= 11 is 0. The number of carbonyl (C=O) groups excluding carboxylic acids is 1. The van der Waals surface area contributed by atoms with E-state index in [0.29, 0.717) is 36.1 Å². The van der Waals surface area contributed by atoms with Crippen molar-refractivity contribution >= 4 is 5.91 Å². The first-order chi connectivity index (χ1) is 11.5. The van der Waals surface area contributed by atoms with E-state index >= 15 is 0 Å². The van der Waals surface area contributed by atoms with Crippen molar-refractivity contribution in [3.8, 4) is 5.75 Å². The number of aryl methyl sites for hydroxylation is 3. The van der Waals surface area contributed by atoms with Crippen molar-refractivity contribution in [2.24, 2.45) is 5.92 Å². The average molecular weight is 328 g/mol. The number of ether oxygens (including phenoxy) is 1. The molecule has 0 bridgehead atoms. The zero-order valence-electron chi connectivity index (χ0n) is 14.5. The summed E-state index contributed by atoms with van der Waals surface area (Å²) in [5, 5.41) is 3.89. The molecule has 1 aromatic heterocycles. The van der Waals surface area contributed by atoms with Crippen LogP contribution >= 0.6 is 0 Å². The largest absolute Gasteiger partial charge is 0.493 e. The number of likely N-dealkylation sites (tertiary alicyclic amines) is 1. The lowest BCUT2D eigenvalue weighted by Gasteiger charge is -2.32. The molecule has 1 aromatic carbocycles. The third-order valence-electron chi connectivity index (χ3n) is 4.53. The van der Waals surface area contributed by atoms with Crippen LogP contribution in [0.15, 0.2) is 28.8 Å². The fraction of sp³-hybridized carbons (Fsp3) is 0.474. The van der Waals surface area contributed by atoms with E-state index < -0.39 is 0 Å². The zero-order valence-corrected chi connectivity index (χ0v) is 14.5. The van der Waals surface area contributed by atoms with Crippen molar-refractivity contribution < 1.29 is 14.1 Å². The summed E-state index contributed by atoms with van der Waals surface area (Å²) < 4.78 is 11.1. The van der Waals surface area contributed by atoms with Gasteiger partial charge in [-0.2, -0.15) is 0 Å². The lowest BCUT2D eigenvalue weighted by Crippen LogP contribution is -2.41. The van der Waals surface area contributed by atoms with E-state index in [2.05, 4.69) is 18.1 Å². The minimum Gasteiger partial charge on any atom is -0.493 e. The van der Waals surface area contributed by atoms with Crippen LogP contribution in [-0.4, -0.2) is 35.7 Å². The van der Waals surface area contributed by atoms with Crippen LogP contribution in [0.2, 0.25) is 0 Å². The van der Waals surface area contributed by atoms with Crippen molar-refractivity contribution in [3.63, 3.8) is 0 Å². The Kier molecular flexibility index (Phi) is 4.88. The maximum Gasteiger partial charge on any atom is 0.259 e. The zero-order chi connectivity index (χ0) is 17.1. The third kappa shape index (κ3) is 3.61. The average Bonchev–Trinajstić information content (AvgIpc) is 2.91. The summed E-state index contributed by atoms with van der Waals surface area (Å²) in [5.74, 6) is 1.86. The molecule has 3 rings (SSSR count). The van der Waals surface area contributed by atoms with Gasteiger partial charge in [-0.1, -0.05) is 17.3 Å². The number of benzene rings is 1. The quantitative estimate of drug-likeness (QED) is 0.861. The molecular weight excluding hydrogens is 304 g/mol. The minimum absolute atomic E-state index is 0.0199. The number of piperidine rings is 1. The predicted molar refractivity (Wildman–Crippen MR) is 91.3 cm³/mol. The Morgan fingerprint density at radius 3 is 2.92 bits per heavy atom. The van der Waals surface area contributed by atoms with Gasteiger partial charge in [-0.15, -0.1) is 0 Å². The Labute approximate surface area is 142 Å². The molecule has 5 nitrogen and oxygen atoms in total. The van der Waals surface area contributed by atoms with E-state index in [-0.39, 0.29) is 5.91 Å². The molecule has 0 aliphatic carbocycles. The van der Waals surface area contributed by atoms with Gasteiger partial charge in [0.2, 0.25) is 0 Å². The van der Waals surface area contributed by atoms with E-state index in [0.717, 1.165) is 25.1 Å². The molecule has 1 fully saturated rings. The normalized spacial score (nSPS) is 17.8. The highest BCUT2D eigenvalue weighted by Gasteiger charge is 2.28. The molecule has 1 atom stereocenters. The summed E-state index contributed by atoms with van der Waals surface area (Å²) in [4.78, 5) is 14.7. The monoisotopic (exact) mass is 328 g/mol. The van der Waals surface area contributed by atoms with E-state index in [1.165, 1.54) is 5.56 Å². The van der Waals surface area contributed by atoms with Crippen molar-refractivity contribution in [3.05, 3.63) is 46.8 Å². The van der Waals surface area contributed by atoms with Gasteiger partial charge < -0.3 is 14.2 Å². The van der Waals surface area contributed by atoms with Gasteiger partial charge >= 0.3 is 0 Å². The molecule has 0 spiro atoms. The van der Waals surface area contributed by atoms with E-state index in [9.17, 15) is 4.79 Å². The number of nitrogens with zero attached hydrogens (tertiary/aromatic N) is 2. The number of aromatic nitrogens is 1. The van der Waals surface area contributed by atoms with Gasteiger partial charge in [0.05, 0.1) is 12.3 Å². The molecule has 2 aromatic rings.